The molecule has 0 saturated carbocycles. The summed E-state index contributed by atoms with van der Waals surface area (Å²) >= 11 is 0. The van der Waals surface area contributed by atoms with E-state index in [1.807, 2.05) is 0 Å². The van der Waals surface area contributed by atoms with Gasteiger partial charge < -0.3 is 4.74 Å². The highest BCUT2D eigenvalue weighted by Crippen LogP contribution is 1.78. The van der Waals surface area contributed by atoms with Crippen molar-refractivity contribution in [1.82, 2.24) is 0 Å². The molecular weight excluding hydrogens is 118 g/mol. The predicted molar refractivity (Wildman–Crippen MR) is 35.3 cm³/mol. The van der Waals surface area contributed by atoms with E-state index in [9.17, 15) is 4.79 Å². The summed E-state index contributed by atoms with van der Waals surface area (Å²) in [6.45, 7) is 5.02. The molecule has 0 aromatic carbocycles. The van der Waals surface area contributed by atoms with Gasteiger partial charge in [0, 0.05) is 0 Å². The molecule has 0 fully saturated rings. The van der Waals surface area contributed by atoms with Crippen molar-refractivity contribution in [3.63, 3.8) is 0 Å². The minimum atomic E-state index is -0.386. The van der Waals surface area contributed by atoms with Crippen LogP contribution in [0.15, 0.2) is 17.8 Å². The quantitative estimate of drug-likeness (QED) is 0.319. The smallest absolute Gasteiger partial charge is 0.332 e. The summed E-state index contributed by atoms with van der Waals surface area (Å²) in [5.41, 5.74) is 0. The van der Waals surface area contributed by atoms with Crippen LogP contribution in [0.4, 0.5) is 0 Å². The third-order valence-corrected chi connectivity index (χ3v) is 0.618. The zero-order valence-electron chi connectivity index (χ0n) is 5.33. The molecular formula is C6H9NO2. The van der Waals surface area contributed by atoms with E-state index < -0.39 is 0 Å². The van der Waals surface area contributed by atoms with Gasteiger partial charge in [-0.15, -0.1) is 0 Å². The predicted octanol–water partition coefficient (Wildman–Crippen LogP) is 0.764. The molecule has 0 bridgehead atoms. The Morgan fingerprint density at radius 3 is 3.00 bits per heavy atom. The number of rotatable bonds is 3. The Balaban J connectivity index is 3.38. The van der Waals surface area contributed by atoms with Crippen LogP contribution in [0, 0.1) is 0 Å². The van der Waals surface area contributed by atoms with Gasteiger partial charge in [0.25, 0.3) is 0 Å². The van der Waals surface area contributed by atoms with Gasteiger partial charge in [0.05, 0.1) is 6.26 Å². The normalized spacial score (nSPS) is 9.44. The number of nitrogens with zero attached hydrogens (tertiary/aromatic N) is 1. The molecule has 50 valence electrons. The molecule has 0 aromatic heterocycles. The summed E-state index contributed by atoms with van der Waals surface area (Å²) in [6.07, 6.45) is 2.64. The Kier molecular flexibility index (Phi) is 4.40. The molecule has 0 radical (unpaired) electrons. The first-order valence-corrected chi connectivity index (χ1v) is 2.56. The van der Waals surface area contributed by atoms with Crippen LogP contribution in [0.5, 0.6) is 0 Å². The Hall–Kier alpha value is -1.12. The number of esters is 1. The summed E-state index contributed by atoms with van der Waals surface area (Å²) in [6, 6.07) is 0. The lowest BCUT2D eigenvalue weighted by Crippen LogP contribution is -2.02. The molecule has 0 aliphatic rings. The van der Waals surface area contributed by atoms with Crippen LogP contribution in [0.25, 0.3) is 0 Å². The van der Waals surface area contributed by atoms with Crippen molar-refractivity contribution in [2.24, 2.45) is 4.99 Å². The number of carbonyl (C=O) groups excluding carboxylic acids is 1. The van der Waals surface area contributed by atoms with Crippen molar-refractivity contribution >= 4 is 12.2 Å². The third-order valence-electron chi connectivity index (χ3n) is 0.618. The molecule has 0 heterocycles. The molecule has 0 aliphatic heterocycles. The number of ether oxygens (including phenoxy) is 1. The summed E-state index contributed by atoms with van der Waals surface area (Å²) in [4.78, 5) is 14.0. The first-order chi connectivity index (χ1) is 4.31. The number of aliphatic imine (C=N–C) groups is 1. The highest BCUT2D eigenvalue weighted by Gasteiger charge is 1.93. The lowest BCUT2D eigenvalue weighted by Gasteiger charge is -1.90. The van der Waals surface area contributed by atoms with Crippen molar-refractivity contribution in [1.29, 1.82) is 0 Å². The largest absolute Gasteiger partial charge is 0.434 e. The second kappa shape index (κ2) is 5.03. The molecule has 0 aromatic rings. The zero-order chi connectivity index (χ0) is 7.11. The minimum absolute atomic E-state index is 0.0719. The van der Waals surface area contributed by atoms with Gasteiger partial charge in [-0.1, -0.05) is 6.58 Å². The SMILES string of the molecule is C=COC(=O)CN=CC. The molecule has 0 spiro atoms. The van der Waals surface area contributed by atoms with E-state index in [0.717, 1.165) is 6.26 Å². The summed E-state index contributed by atoms with van der Waals surface area (Å²) in [7, 11) is 0. The minimum Gasteiger partial charge on any atom is -0.434 e. The van der Waals surface area contributed by atoms with Gasteiger partial charge in [-0.2, -0.15) is 0 Å². The van der Waals surface area contributed by atoms with Crippen LogP contribution in [0.3, 0.4) is 0 Å². The summed E-state index contributed by atoms with van der Waals surface area (Å²) < 4.78 is 4.36. The summed E-state index contributed by atoms with van der Waals surface area (Å²) in [5.74, 6) is -0.386. The average Bonchev–Trinajstić information content (AvgIpc) is 1.85. The molecule has 0 unspecified atom stereocenters. The molecule has 3 heteroatoms. The first-order valence-electron chi connectivity index (χ1n) is 2.56. The van der Waals surface area contributed by atoms with Gasteiger partial charge in [-0.05, 0) is 13.1 Å². The van der Waals surface area contributed by atoms with E-state index in [0.29, 0.717) is 0 Å². The number of carbonyl (C=O) groups is 1. The molecule has 0 atom stereocenters. The average molecular weight is 127 g/mol. The van der Waals surface area contributed by atoms with Gasteiger partial charge in [0.15, 0.2) is 0 Å². The molecule has 0 amide bonds. The van der Waals surface area contributed by atoms with Gasteiger partial charge >= 0.3 is 5.97 Å². The molecule has 0 saturated heterocycles. The monoisotopic (exact) mass is 127 g/mol. The summed E-state index contributed by atoms with van der Waals surface area (Å²) in [5, 5.41) is 0. The third kappa shape index (κ3) is 4.74. The maximum Gasteiger partial charge on any atom is 0.332 e. The van der Waals surface area contributed by atoms with Crippen LogP contribution in [0.1, 0.15) is 6.92 Å². The van der Waals surface area contributed by atoms with Gasteiger partial charge in [-0.25, -0.2) is 4.79 Å². The van der Waals surface area contributed by atoms with Crippen molar-refractivity contribution in [2.75, 3.05) is 6.54 Å². The first kappa shape index (κ1) is 7.88. The highest BCUT2D eigenvalue weighted by molar-refractivity contribution is 5.74. The van der Waals surface area contributed by atoms with Crippen LogP contribution in [-0.2, 0) is 9.53 Å². The van der Waals surface area contributed by atoms with Crippen LogP contribution >= 0.6 is 0 Å². The molecule has 0 N–H and O–H groups in total. The van der Waals surface area contributed by atoms with E-state index in [-0.39, 0.29) is 12.5 Å². The fourth-order valence-electron chi connectivity index (χ4n) is 0.296. The van der Waals surface area contributed by atoms with E-state index in [1.165, 1.54) is 0 Å². The van der Waals surface area contributed by atoms with E-state index in [4.69, 9.17) is 0 Å². The maximum absolute atomic E-state index is 10.4. The number of hydrogen-bond donors (Lipinski definition) is 0. The fraction of sp³-hybridized carbons (Fsp3) is 0.333. The van der Waals surface area contributed by atoms with E-state index in [1.54, 1.807) is 13.1 Å². The molecule has 9 heavy (non-hydrogen) atoms. The Morgan fingerprint density at radius 1 is 1.89 bits per heavy atom. The van der Waals surface area contributed by atoms with Gasteiger partial charge in [0.1, 0.15) is 6.54 Å². The second-order valence-corrected chi connectivity index (χ2v) is 1.26. The molecule has 0 aliphatic carbocycles. The Morgan fingerprint density at radius 2 is 2.56 bits per heavy atom. The van der Waals surface area contributed by atoms with E-state index >= 15 is 0 Å². The lowest BCUT2D eigenvalue weighted by atomic mass is 10.7. The van der Waals surface area contributed by atoms with Crippen molar-refractivity contribution < 1.29 is 9.53 Å². The van der Waals surface area contributed by atoms with Crippen molar-refractivity contribution in [2.45, 2.75) is 6.92 Å². The van der Waals surface area contributed by atoms with Crippen LogP contribution in [0.2, 0.25) is 0 Å². The number of hydrogen-bond acceptors (Lipinski definition) is 3. The van der Waals surface area contributed by atoms with Crippen molar-refractivity contribution in [3.8, 4) is 0 Å². The lowest BCUT2D eigenvalue weighted by molar-refractivity contribution is -0.136. The topological polar surface area (TPSA) is 38.7 Å². The van der Waals surface area contributed by atoms with Crippen LogP contribution < -0.4 is 0 Å². The Bertz CT molecular complexity index is 129. The van der Waals surface area contributed by atoms with Crippen molar-refractivity contribution in [3.05, 3.63) is 12.8 Å². The molecule has 3 nitrogen and oxygen atoms in total. The van der Waals surface area contributed by atoms with Gasteiger partial charge in [-0.3, -0.25) is 4.99 Å². The fourth-order valence-corrected chi connectivity index (χ4v) is 0.296. The molecule has 0 rings (SSSR count). The van der Waals surface area contributed by atoms with Gasteiger partial charge in [0.2, 0.25) is 0 Å². The highest BCUT2D eigenvalue weighted by atomic mass is 16.5. The van der Waals surface area contributed by atoms with E-state index in [2.05, 4.69) is 16.3 Å². The zero-order valence-corrected chi connectivity index (χ0v) is 5.33. The maximum atomic E-state index is 10.4. The Labute approximate surface area is 54.0 Å². The van der Waals surface area contributed by atoms with Crippen LogP contribution in [-0.4, -0.2) is 18.7 Å². The second-order valence-electron chi connectivity index (χ2n) is 1.26. The standard InChI is InChI=1S/C6H9NO2/c1-3-7-5-6(8)9-4-2/h3-4H,2,5H2,1H3.